The maximum Gasteiger partial charge on any atom is 0.304 e. The number of hydrogen-bond donors (Lipinski definition) is 24. The summed E-state index contributed by atoms with van der Waals surface area (Å²) in [6.07, 6.45) is -82.4. The smallest absolute Gasteiger partial charge is 0.304 e. The van der Waals surface area contributed by atoms with Crippen LogP contribution >= 0.6 is 11.8 Å². The maximum atomic E-state index is 11.7. The second-order valence-electron chi connectivity index (χ2n) is 23.5. The van der Waals surface area contributed by atoms with Crippen molar-refractivity contribution in [2.24, 2.45) is 0 Å². The first-order valence-corrected chi connectivity index (χ1v) is 30.8. The van der Waals surface area contributed by atoms with Gasteiger partial charge in [-0.25, -0.2) is 0 Å². The summed E-state index contributed by atoms with van der Waals surface area (Å²) in [5, 5.41) is 266. The Morgan fingerprint density at radius 3 is 0.538 bits per heavy atom. The van der Waals surface area contributed by atoms with Gasteiger partial charge in [-0.1, -0.05) is 0 Å². The molecule has 24 N–H and O–H groups in total. The number of aliphatic hydroxyl groups excluding tert-OH is 23. The van der Waals surface area contributed by atoms with E-state index in [2.05, 4.69) is 0 Å². The van der Waals surface area contributed by atoms with Gasteiger partial charge in [-0.2, -0.15) is 11.8 Å². The summed E-state index contributed by atoms with van der Waals surface area (Å²) < 4.78 is 92.2. The number of aliphatic hydroxyl groups is 23. The fourth-order valence-electron chi connectivity index (χ4n) is 12.2. The molecule has 0 aromatic rings. The number of aliphatic carboxylic acids is 1. The van der Waals surface area contributed by atoms with Crippen LogP contribution in [0.1, 0.15) is 6.42 Å². The molecule has 0 aromatic carbocycles. The van der Waals surface area contributed by atoms with Crippen LogP contribution in [0, 0.1) is 0 Å². The number of carboxylic acid groups (broad SMARTS) is 1. The molecule has 0 unspecified atom stereocenters. The fourth-order valence-corrected chi connectivity index (χ4v) is 13.2. The molecule has 0 aliphatic carbocycles. The molecule has 30 rings (SSSR count). The van der Waals surface area contributed by atoms with Gasteiger partial charge in [0.05, 0.1) is 58.8 Å². The lowest BCUT2D eigenvalue weighted by Gasteiger charge is -2.50. The molecule has 30 aliphatic heterocycles. The Labute approximate surface area is 529 Å². The summed E-state index contributed by atoms with van der Waals surface area (Å²) in [5.41, 5.74) is 0. The van der Waals surface area contributed by atoms with E-state index in [4.69, 9.17) is 75.8 Å². The van der Waals surface area contributed by atoms with Crippen molar-refractivity contribution in [1.82, 2.24) is 0 Å². The van der Waals surface area contributed by atoms with Crippen molar-refractivity contribution in [2.45, 2.75) is 252 Å². The number of hydrogen-bond acceptors (Lipinski definition) is 41. The van der Waals surface area contributed by atoms with Gasteiger partial charge in [0.25, 0.3) is 0 Å². The zero-order chi connectivity index (χ0) is 67.8. The third kappa shape index (κ3) is 15.8. The lowest BCUT2D eigenvalue weighted by molar-refractivity contribution is -0.403. The van der Waals surface area contributed by atoms with Gasteiger partial charge in [0.15, 0.2) is 50.3 Å². The molecule has 0 amide bonds. The van der Waals surface area contributed by atoms with E-state index >= 15 is 0 Å². The van der Waals surface area contributed by atoms with Gasteiger partial charge < -0.3 is 198 Å². The summed E-state index contributed by atoms with van der Waals surface area (Å²) in [7, 11) is 0. The Kier molecular flexibility index (Phi) is 26.5. The van der Waals surface area contributed by atoms with Gasteiger partial charge in [-0.05, 0) is 0 Å². The molecule has 40 atom stereocenters. The molecule has 30 aliphatic rings. The zero-order valence-corrected chi connectivity index (χ0v) is 49.6. The monoisotopic (exact) mass is 1380 g/mol. The molecule has 93 heavy (non-hydrogen) atoms. The molecule has 0 saturated carbocycles. The molecule has 30 saturated heterocycles. The largest absolute Gasteiger partial charge is 0.481 e. The number of rotatable bonds is 12. The molecule has 41 nitrogen and oxygen atoms in total. The lowest BCUT2D eigenvalue weighted by Crippen LogP contribution is -2.69. The summed E-state index contributed by atoms with van der Waals surface area (Å²) in [6.45, 7) is -7.62. The van der Waals surface area contributed by atoms with Crippen molar-refractivity contribution < 1.29 is 203 Å². The third-order valence-electron chi connectivity index (χ3n) is 17.5. The summed E-state index contributed by atoms with van der Waals surface area (Å²) in [5.74, 6) is -1.64. The molecule has 16 bridgehead atoms. The molecule has 30 heterocycles. The second-order valence-corrected chi connectivity index (χ2v) is 24.6. The molecule has 540 valence electrons. The van der Waals surface area contributed by atoms with Gasteiger partial charge in [0.1, 0.15) is 189 Å². The van der Waals surface area contributed by atoms with E-state index < -0.39 is 304 Å². The SMILES string of the molecule is O=C(O)CCSC[C@H]1O[C@@H]2O[C@H]3[C@H](O)[C@@H](O)[C@@H](O[C@H]4[C@H](O)[C@@H](O)[C@@H](O[C@H]5[C@H](O)[C@@H](O)[C@@H](O[C@H]6[C@H](O)[C@@H](O)[C@@H](O[C@H]7[C@H](O)[C@@H](O)[C@@H](O[C@H]8[C@H](O)[C@@H](O)[C@@H](O[C@H]9[C@H](O)[C@@H](O)[C@@H](O[C@H]1[C@H](O)[C@H]2O)O[C@@H]9CO)O[C@@H]8CO)O[C@@H]7CO)O[C@@H]6CO)O[C@@H]5CO)O[C@@H]4CO)O[C@@H]3CO. The topological polar surface area (TPSA) is 650 Å². The highest BCUT2D eigenvalue weighted by Gasteiger charge is 2.60. The molecular weight excluding hydrogens is 1300 g/mol. The van der Waals surface area contributed by atoms with E-state index in [1.807, 2.05) is 0 Å². The third-order valence-corrected chi connectivity index (χ3v) is 18.5. The van der Waals surface area contributed by atoms with Crippen LogP contribution in [0.2, 0.25) is 0 Å². The molecule has 42 heteroatoms. The van der Waals surface area contributed by atoms with Crippen LogP contribution in [-0.4, -0.2) is 432 Å². The van der Waals surface area contributed by atoms with Gasteiger partial charge in [-0.3, -0.25) is 4.79 Å². The van der Waals surface area contributed by atoms with E-state index in [1.165, 1.54) is 0 Å². The predicted octanol–water partition coefficient (Wildman–Crippen LogP) is -16.2. The Balaban J connectivity index is 0.991. The van der Waals surface area contributed by atoms with Crippen molar-refractivity contribution in [3.05, 3.63) is 0 Å². The Morgan fingerprint density at radius 1 is 0.237 bits per heavy atom. The predicted molar refractivity (Wildman–Crippen MR) is 284 cm³/mol. The fraction of sp³-hybridized carbons (Fsp3) is 0.980. The first kappa shape index (κ1) is 75.5. The van der Waals surface area contributed by atoms with Crippen LogP contribution in [0.5, 0.6) is 0 Å². The highest BCUT2D eigenvalue weighted by molar-refractivity contribution is 7.99. The van der Waals surface area contributed by atoms with Crippen molar-refractivity contribution in [3.63, 3.8) is 0 Å². The van der Waals surface area contributed by atoms with E-state index in [0.29, 0.717) is 0 Å². The number of ether oxygens (including phenoxy) is 16. The van der Waals surface area contributed by atoms with Gasteiger partial charge in [-0.15, -0.1) is 0 Å². The minimum atomic E-state index is -2.26. The molecular formula is C51H84O41S. The van der Waals surface area contributed by atoms with E-state index in [0.717, 1.165) is 11.8 Å². The summed E-state index contributed by atoms with van der Waals surface area (Å²) >= 11 is 0.899. The highest BCUT2D eigenvalue weighted by Crippen LogP contribution is 2.40. The van der Waals surface area contributed by atoms with E-state index in [-0.39, 0.29) is 11.5 Å². The van der Waals surface area contributed by atoms with Crippen LogP contribution in [-0.2, 0) is 80.6 Å². The average Bonchev–Trinajstić information content (AvgIpc) is 0.800. The molecule has 30 fully saturated rings. The van der Waals surface area contributed by atoms with Crippen molar-refractivity contribution in [1.29, 1.82) is 0 Å². The van der Waals surface area contributed by atoms with E-state index in [1.54, 1.807) is 0 Å². The van der Waals surface area contributed by atoms with Crippen LogP contribution in [0.4, 0.5) is 0 Å². The van der Waals surface area contributed by atoms with Gasteiger partial charge in [0.2, 0.25) is 0 Å². The number of thioether (sulfide) groups is 1. The standard InChI is InChI=1S/C51H84O41S/c52-3-11-36-20(61)28(69)44(77-11)86-37-12(4-53)79-46(30(71)22(37)63)88-39-14(6-55)81-48(32(73)24(39)65)90-41-16(8-57)83-50(34(75)26(41)67)92-43-18(10-93-2-1-19(59)60)84-51(35(76)27(43)68)91-42-17(9-58)82-49(33(74)25(42)66)89-40-15(7-56)80-47(31(72)23(40)64)87-38-13(5-54)78-45(85-36)29(70)21(38)62/h11-18,20-58,61-76H,1-10H2,(H,59,60)/t11-,12-,13-,14-,15-,16-,17-,18-,20-,21-,22-,23-,24-,25-,26-,27-,28-,29-,30-,31-,32-,33-,34-,35-,36-,37-,38-,39-,40-,41-,42-,43-,44-,45-,46-,47-,48-,49-,50-,51-/m1/s1. The van der Waals surface area contributed by atoms with Crippen LogP contribution in [0.15, 0.2) is 0 Å². The molecule has 0 radical (unpaired) electrons. The Hall–Kier alpha value is -1.74. The van der Waals surface area contributed by atoms with Crippen LogP contribution in [0.3, 0.4) is 0 Å². The van der Waals surface area contributed by atoms with Crippen molar-refractivity contribution >= 4 is 17.7 Å². The van der Waals surface area contributed by atoms with Crippen molar-refractivity contribution in [3.8, 4) is 0 Å². The van der Waals surface area contributed by atoms with E-state index in [9.17, 15) is 127 Å². The van der Waals surface area contributed by atoms with Gasteiger partial charge in [0, 0.05) is 11.5 Å². The Bertz CT molecular complexity index is 2300. The minimum absolute atomic E-state index is 0.100. The maximum absolute atomic E-state index is 11.7. The normalized spacial score (nSPS) is 53.0. The number of carboxylic acids is 1. The minimum Gasteiger partial charge on any atom is -0.481 e. The van der Waals surface area contributed by atoms with Crippen molar-refractivity contribution in [2.75, 3.05) is 57.8 Å². The molecule has 0 aromatic heterocycles. The second kappa shape index (κ2) is 32.7. The van der Waals surface area contributed by atoms with Crippen LogP contribution in [0.25, 0.3) is 0 Å². The van der Waals surface area contributed by atoms with Crippen LogP contribution < -0.4 is 0 Å². The number of carbonyl (C=O) groups is 1. The first-order chi connectivity index (χ1) is 44.2. The quantitative estimate of drug-likeness (QED) is 0.0807. The zero-order valence-electron chi connectivity index (χ0n) is 48.7. The molecule has 0 spiro atoms. The summed E-state index contributed by atoms with van der Waals surface area (Å²) in [4.78, 5) is 11.4. The average molecular weight is 1390 g/mol. The lowest BCUT2D eigenvalue weighted by atomic mass is 9.95. The Morgan fingerprint density at radius 2 is 0.387 bits per heavy atom. The highest BCUT2D eigenvalue weighted by atomic mass is 32.2. The summed E-state index contributed by atoms with van der Waals surface area (Å²) in [6, 6.07) is 0. The first-order valence-electron chi connectivity index (χ1n) is 29.7. The van der Waals surface area contributed by atoms with Gasteiger partial charge >= 0.3 is 5.97 Å².